The lowest BCUT2D eigenvalue weighted by Crippen LogP contribution is -2.33. The molecule has 3 aromatic rings. The molecule has 39 heavy (non-hydrogen) atoms. The average Bonchev–Trinajstić information content (AvgIpc) is 3.60. The van der Waals surface area contributed by atoms with Gasteiger partial charge in [-0.2, -0.15) is 24.9 Å². The lowest BCUT2D eigenvalue weighted by molar-refractivity contribution is -0.142. The highest BCUT2D eigenvalue weighted by Gasteiger charge is 2.38. The molecule has 208 valence electrons. The van der Waals surface area contributed by atoms with Gasteiger partial charge in [-0.3, -0.25) is 9.69 Å². The molecule has 1 saturated heterocycles. The highest BCUT2D eigenvalue weighted by atomic mass is 32.2. The molecule has 0 N–H and O–H groups in total. The number of alkyl halides is 3. The fraction of sp³-hybridized carbons (Fsp3) is 0.429. The molecule has 1 aliphatic carbocycles. The van der Waals surface area contributed by atoms with E-state index in [0.29, 0.717) is 42.1 Å². The summed E-state index contributed by atoms with van der Waals surface area (Å²) in [4.78, 5) is 13.9. The predicted molar refractivity (Wildman–Crippen MR) is 139 cm³/mol. The van der Waals surface area contributed by atoms with E-state index in [1.807, 2.05) is 11.8 Å². The summed E-state index contributed by atoms with van der Waals surface area (Å²) in [6.45, 7) is 1.88. The van der Waals surface area contributed by atoms with Gasteiger partial charge in [0.25, 0.3) is 0 Å². The summed E-state index contributed by atoms with van der Waals surface area (Å²) >= 11 is 1.83. The van der Waals surface area contributed by atoms with E-state index in [0.717, 1.165) is 35.7 Å². The van der Waals surface area contributed by atoms with Crippen molar-refractivity contribution in [2.75, 3.05) is 31.7 Å². The summed E-state index contributed by atoms with van der Waals surface area (Å²) in [5.41, 5.74) is 1.86. The molecule has 1 aliphatic heterocycles. The summed E-state index contributed by atoms with van der Waals surface area (Å²) in [7, 11) is 1.30. The van der Waals surface area contributed by atoms with Crippen LogP contribution in [-0.4, -0.2) is 47.7 Å². The molecule has 1 aromatic heterocycles. The summed E-state index contributed by atoms with van der Waals surface area (Å²) in [6, 6.07) is 11.3. The Morgan fingerprint density at radius 2 is 1.87 bits per heavy atom. The first-order chi connectivity index (χ1) is 18.8. The van der Waals surface area contributed by atoms with Gasteiger partial charge in [-0.1, -0.05) is 11.2 Å². The number of thioether (sulfide) groups is 1. The Labute approximate surface area is 228 Å². The van der Waals surface area contributed by atoms with Crippen molar-refractivity contribution in [2.24, 2.45) is 0 Å². The van der Waals surface area contributed by atoms with Gasteiger partial charge in [0.15, 0.2) is 6.10 Å². The Morgan fingerprint density at radius 3 is 2.54 bits per heavy atom. The van der Waals surface area contributed by atoms with E-state index in [2.05, 4.69) is 10.1 Å². The first kappa shape index (κ1) is 27.4. The maximum absolute atomic E-state index is 13.9. The molecule has 0 bridgehead atoms. The van der Waals surface area contributed by atoms with Gasteiger partial charge >= 0.3 is 12.1 Å². The van der Waals surface area contributed by atoms with Crippen molar-refractivity contribution < 1.29 is 36.7 Å². The Hall–Kier alpha value is -3.18. The van der Waals surface area contributed by atoms with Gasteiger partial charge in [0.2, 0.25) is 0 Å². The lowest BCUT2D eigenvalue weighted by atomic mass is 9.96. The maximum atomic E-state index is 13.9. The number of carbonyl (C=O) groups is 1. The second kappa shape index (κ2) is 11.9. The van der Waals surface area contributed by atoms with E-state index in [9.17, 15) is 18.0 Å². The van der Waals surface area contributed by atoms with Crippen molar-refractivity contribution in [1.29, 1.82) is 0 Å². The Bertz CT molecular complexity index is 1260. The van der Waals surface area contributed by atoms with Crippen LogP contribution in [0.4, 0.5) is 13.2 Å². The van der Waals surface area contributed by atoms with Crippen LogP contribution in [0.5, 0.6) is 11.5 Å². The SMILES string of the molecule is COC(=O)C[C@H](Oc1ccc(O[C@@H]2CCc3c2ccc(C(F)(F)F)c3CN2CCSCC2)cc1)c1ccon1. The van der Waals surface area contributed by atoms with Gasteiger partial charge in [0, 0.05) is 37.2 Å². The molecule has 2 heterocycles. The Morgan fingerprint density at radius 1 is 1.13 bits per heavy atom. The minimum absolute atomic E-state index is 0.0430. The summed E-state index contributed by atoms with van der Waals surface area (Å²) in [5.74, 6) is 2.48. The van der Waals surface area contributed by atoms with Crippen LogP contribution in [-0.2, 0) is 28.7 Å². The van der Waals surface area contributed by atoms with E-state index in [1.165, 1.54) is 19.4 Å². The van der Waals surface area contributed by atoms with Crippen LogP contribution in [0.2, 0.25) is 0 Å². The van der Waals surface area contributed by atoms with Crippen molar-refractivity contribution in [3.8, 4) is 11.5 Å². The van der Waals surface area contributed by atoms with Gasteiger partial charge in [-0.25, -0.2) is 0 Å². The average molecular weight is 563 g/mol. The third-order valence-corrected chi connectivity index (χ3v) is 7.95. The lowest BCUT2D eigenvalue weighted by Gasteiger charge is -2.28. The van der Waals surface area contributed by atoms with E-state index < -0.39 is 23.8 Å². The predicted octanol–water partition coefficient (Wildman–Crippen LogP) is 5.99. The first-order valence-corrected chi connectivity index (χ1v) is 13.9. The van der Waals surface area contributed by atoms with Crippen LogP contribution in [0.15, 0.2) is 53.3 Å². The quantitative estimate of drug-likeness (QED) is 0.295. The standard InChI is InChI=1S/C28H29F3N2O5S/c1-35-27(34)16-26(24-10-13-36-32-24)38-19-4-2-18(3-5-19)37-25-9-7-20-21(25)6-8-23(28(29,30)31)22(20)17-33-11-14-39-15-12-33/h2-6,8,10,13,25-26H,7,9,11-12,14-17H2,1H3/t25-,26+/m1/s1. The molecule has 2 atom stereocenters. The summed E-state index contributed by atoms with van der Waals surface area (Å²) < 4.78 is 63.6. The van der Waals surface area contributed by atoms with Crippen molar-refractivity contribution in [2.45, 2.75) is 44.2 Å². The highest BCUT2D eigenvalue weighted by molar-refractivity contribution is 7.99. The zero-order chi connectivity index (χ0) is 27.4. The number of carbonyl (C=O) groups excluding carboxylic acids is 1. The number of fused-ring (bicyclic) bond motifs is 1. The molecule has 2 aromatic carbocycles. The second-order valence-corrected chi connectivity index (χ2v) is 10.7. The number of ether oxygens (including phenoxy) is 3. The summed E-state index contributed by atoms with van der Waals surface area (Å²) in [6.07, 6.45) is -2.94. The van der Waals surface area contributed by atoms with Gasteiger partial charge in [-0.05, 0) is 59.9 Å². The number of rotatable bonds is 9. The van der Waals surface area contributed by atoms with Crippen molar-refractivity contribution in [3.05, 3.63) is 76.7 Å². The monoisotopic (exact) mass is 562 g/mol. The number of methoxy groups -OCH3 is 1. The number of esters is 1. The van der Waals surface area contributed by atoms with Gasteiger partial charge in [-0.15, -0.1) is 0 Å². The third-order valence-electron chi connectivity index (χ3n) is 7.01. The molecule has 0 spiro atoms. The minimum Gasteiger partial charge on any atom is -0.486 e. The Balaban J connectivity index is 1.31. The molecule has 2 aliphatic rings. The number of nitrogens with zero attached hydrogens (tertiary/aromatic N) is 2. The van der Waals surface area contributed by atoms with E-state index in [4.69, 9.17) is 18.7 Å². The zero-order valence-electron chi connectivity index (χ0n) is 21.4. The van der Waals surface area contributed by atoms with Crippen LogP contribution in [0.1, 0.15) is 53.0 Å². The maximum Gasteiger partial charge on any atom is 0.416 e. The molecule has 0 unspecified atom stereocenters. The minimum atomic E-state index is -4.40. The smallest absolute Gasteiger partial charge is 0.416 e. The molecule has 0 saturated carbocycles. The van der Waals surface area contributed by atoms with Crippen molar-refractivity contribution in [3.63, 3.8) is 0 Å². The van der Waals surface area contributed by atoms with E-state index >= 15 is 0 Å². The highest BCUT2D eigenvalue weighted by Crippen LogP contribution is 2.43. The molecule has 0 radical (unpaired) electrons. The number of hydrogen-bond donors (Lipinski definition) is 0. The van der Waals surface area contributed by atoms with Crippen LogP contribution >= 0.6 is 11.8 Å². The van der Waals surface area contributed by atoms with Gasteiger partial charge in [0.1, 0.15) is 29.6 Å². The zero-order valence-corrected chi connectivity index (χ0v) is 22.2. The fourth-order valence-electron chi connectivity index (χ4n) is 5.04. The molecular formula is C28H29F3N2O5S. The molecule has 0 amide bonds. The Kier molecular flexibility index (Phi) is 8.37. The topological polar surface area (TPSA) is 74.0 Å². The second-order valence-electron chi connectivity index (χ2n) is 9.47. The van der Waals surface area contributed by atoms with E-state index in [1.54, 1.807) is 36.4 Å². The van der Waals surface area contributed by atoms with Crippen LogP contribution in [0.25, 0.3) is 0 Å². The van der Waals surface area contributed by atoms with Crippen molar-refractivity contribution >= 4 is 17.7 Å². The van der Waals surface area contributed by atoms with Crippen LogP contribution in [0, 0.1) is 0 Å². The molecular weight excluding hydrogens is 533 g/mol. The number of halogens is 3. The number of aromatic nitrogens is 1. The number of hydrogen-bond acceptors (Lipinski definition) is 8. The number of benzene rings is 2. The first-order valence-electron chi connectivity index (χ1n) is 12.7. The van der Waals surface area contributed by atoms with E-state index in [-0.39, 0.29) is 12.5 Å². The van der Waals surface area contributed by atoms with Gasteiger partial charge < -0.3 is 18.7 Å². The largest absolute Gasteiger partial charge is 0.486 e. The molecule has 1 fully saturated rings. The molecule has 11 heteroatoms. The molecule has 5 rings (SSSR count). The van der Waals surface area contributed by atoms with Crippen LogP contribution in [0.3, 0.4) is 0 Å². The summed E-state index contributed by atoms with van der Waals surface area (Å²) in [5, 5.41) is 3.87. The third kappa shape index (κ3) is 6.52. The van der Waals surface area contributed by atoms with Gasteiger partial charge in [0.05, 0.1) is 19.1 Å². The fourth-order valence-corrected chi connectivity index (χ4v) is 6.02. The van der Waals surface area contributed by atoms with Crippen molar-refractivity contribution in [1.82, 2.24) is 10.1 Å². The molecule has 7 nitrogen and oxygen atoms in total. The van der Waals surface area contributed by atoms with Crippen LogP contribution < -0.4 is 9.47 Å². The normalized spacial score (nSPS) is 18.4.